The maximum Gasteiger partial charge on any atom is 0.328 e. The minimum Gasteiger partial charge on any atom is -0.478 e. The van der Waals surface area contributed by atoms with Gasteiger partial charge in [0.2, 0.25) is 0 Å². The van der Waals surface area contributed by atoms with Crippen molar-refractivity contribution in [2.45, 2.75) is 26.8 Å². The van der Waals surface area contributed by atoms with Crippen LogP contribution in [0.25, 0.3) is 6.08 Å². The first-order chi connectivity index (χ1) is 9.38. The summed E-state index contributed by atoms with van der Waals surface area (Å²) in [7, 11) is 2.01. The molecule has 1 aromatic rings. The van der Waals surface area contributed by atoms with Gasteiger partial charge in [0.15, 0.2) is 0 Å². The molecule has 0 aliphatic heterocycles. The molecule has 0 saturated heterocycles. The predicted molar refractivity (Wildman–Crippen MR) is 78.9 cm³/mol. The Morgan fingerprint density at radius 1 is 1.45 bits per heavy atom. The molecule has 0 radical (unpaired) electrons. The number of rotatable bonds is 7. The van der Waals surface area contributed by atoms with Gasteiger partial charge in [0.25, 0.3) is 0 Å². The van der Waals surface area contributed by atoms with Crippen LogP contribution in [0.15, 0.2) is 24.3 Å². The number of hydrogen-bond donors (Lipinski definition) is 1. The molecule has 3 nitrogen and oxygen atoms in total. The van der Waals surface area contributed by atoms with E-state index in [4.69, 9.17) is 5.11 Å². The number of halogens is 1. The van der Waals surface area contributed by atoms with Crippen molar-refractivity contribution in [1.29, 1.82) is 0 Å². The highest BCUT2D eigenvalue weighted by Crippen LogP contribution is 2.16. The van der Waals surface area contributed by atoms with E-state index in [9.17, 15) is 9.18 Å². The Hall–Kier alpha value is -1.68. The Morgan fingerprint density at radius 2 is 2.15 bits per heavy atom. The lowest BCUT2D eigenvalue weighted by atomic mass is 10.1. The van der Waals surface area contributed by atoms with Gasteiger partial charge in [-0.1, -0.05) is 19.9 Å². The number of carboxylic acids is 1. The average Bonchev–Trinajstić information content (AvgIpc) is 2.36. The Labute approximate surface area is 119 Å². The van der Waals surface area contributed by atoms with E-state index in [1.54, 1.807) is 6.07 Å². The van der Waals surface area contributed by atoms with Crippen molar-refractivity contribution in [3.63, 3.8) is 0 Å². The molecule has 0 aliphatic carbocycles. The highest BCUT2D eigenvalue weighted by Gasteiger charge is 2.07. The first-order valence-corrected chi connectivity index (χ1v) is 6.76. The van der Waals surface area contributed by atoms with Crippen LogP contribution in [0.2, 0.25) is 0 Å². The first-order valence-electron chi connectivity index (χ1n) is 6.76. The summed E-state index contributed by atoms with van der Waals surface area (Å²) in [5.41, 5.74) is 1.54. The van der Waals surface area contributed by atoms with Crippen molar-refractivity contribution < 1.29 is 14.3 Å². The summed E-state index contributed by atoms with van der Waals surface area (Å²) < 4.78 is 13.3. The van der Waals surface area contributed by atoms with Gasteiger partial charge in [0, 0.05) is 12.6 Å². The van der Waals surface area contributed by atoms with Gasteiger partial charge in [-0.15, -0.1) is 0 Å². The standard InChI is InChI=1S/C16H22FNO2/c1-12(2)8-9-18(3)11-14-4-6-15(17)10-13(14)5-7-16(19)20/h4-7,10,12H,8-9,11H2,1-3H3,(H,19,20). The van der Waals surface area contributed by atoms with Crippen LogP contribution in [0.5, 0.6) is 0 Å². The lowest BCUT2D eigenvalue weighted by Crippen LogP contribution is -2.20. The van der Waals surface area contributed by atoms with E-state index in [1.807, 2.05) is 7.05 Å². The van der Waals surface area contributed by atoms with Gasteiger partial charge < -0.3 is 10.0 Å². The molecule has 0 aromatic heterocycles. The van der Waals surface area contributed by atoms with Crippen LogP contribution in [-0.4, -0.2) is 29.6 Å². The van der Waals surface area contributed by atoms with E-state index < -0.39 is 5.97 Å². The van der Waals surface area contributed by atoms with Crippen LogP contribution in [0.4, 0.5) is 4.39 Å². The van der Waals surface area contributed by atoms with E-state index >= 15 is 0 Å². The van der Waals surface area contributed by atoms with E-state index in [0.29, 0.717) is 18.0 Å². The smallest absolute Gasteiger partial charge is 0.328 e. The van der Waals surface area contributed by atoms with Crippen LogP contribution < -0.4 is 0 Å². The Kier molecular flexibility index (Phi) is 6.39. The largest absolute Gasteiger partial charge is 0.478 e. The molecule has 0 spiro atoms. The molecule has 4 heteroatoms. The summed E-state index contributed by atoms with van der Waals surface area (Å²) in [6.45, 7) is 5.98. The van der Waals surface area contributed by atoms with E-state index in [2.05, 4.69) is 18.7 Å². The van der Waals surface area contributed by atoms with Crippen molar-refractivity contribution in [2.75, 3.05) is 13.6 Å². The number of carbonyl (C=O) groups is 1. The molecule has 0 aliphatic rings. The maximum absolute atomic E-state index is 13.3. The molecule has 0 fully saturated rings. The van der Waals surface area contributed by atoms with Crippen LogP contribution >= 0.6 is 0 Å². The quantitative estimate of drug-likeness (QED) is 0.778. The third kappa shape index (κ3) is 5.97. The van der Waals surface area contributed by atoms with Crippen molar-refractivity contribution in [3.8, 4) is 0 Å². The molecule has 1 N–H and O–H groups in total. The van der Waals surface area contributed by atoms with Gasteiger partial charge in [-0.3, -0.25) is 0 Å². The fraction of sp³-hybridized carbons (Fsp3) is 0.438. The molecule has 0 saturated carbocycles. The average molecular weight is 279 g/mol. The van der Waals surface area contributed by atoms with E-state index in [0.717, 1.165) is 24.6 Å². The lowest BCUT2D eigenvalue weighted by molar-refractivity contribution is -0.131. The van der Waals surface area contributed by atoms with Crippen LogP contribution in [-0.2, 0) is 11.3 Å². The Balaban J connectivity index is 2.80. The molecule has 1 aromatic carbocycles. The summed E-state index contributed by atoms with van der Waals surface area (Å²) in [5, 5.41) is 8.67. The SMILES string of the molecule is CC(C)CCN(C)Cc1ccc(F)cc1C=CC(=O)O. The number of hydrogen-bond acceptors (Lipinski definition) is 2. The zero-order valence-electron chi connectivity index (χ0n) is 12.3. The Morgan fingerprint density at radius 3 is 2.75 bits per heavy atom. The predicted octanol–water partition coefficient (Wildman–Crippen LogP) is 3.40. The van der Waals surface area contributed by atoms with Crippen molar-refractivity contribution in [2.24, 2.45) is 5.92 Å². The van der Waals surface area contributed by atoms with Gasteiger partial charge in [0.1, 0.15) is 5.82 Å². The fourth-order valence-corrected chi connectivity index (χ4v) is 1.87. The highest BCUT2D eigenvalue weighted by molar-refractivity contribution is 5.85. The summed E-state index contributed by atoms with van der Waals surface area (Å²) in [6, 6.07) is 4.48. The fourth-order valence-electron chi connectivity index (χ4n) is 1.87. The maximum atomic E-state index is 13.3. The number of benzene rings is 1. The van der Waals surface area contributed by atoms with Gasteiger partial charge in [-0.2, -0.15) is 0 Å². The van der Waals surface area contributed by atoms with Crippen molar-refractivity contribution in [3.05, 3.63) is 41.2 Å². The first kappa shape index (κ1) is 16.4. The number of nitrogens with zero attached hydrogens (tertiary/aromatic N) is 1. The molecule has 0 atom stereocenters. The molecular weight excluding hydrogens is 257 g/mol. The minimum atomic E-state index is -1.03. The monoisotopic (exact) mass is 279 g/mol. The molecule has 0 bridgehead atoms. The van der Waals surface area contributed by atoms with Gasteiger partial charge in [-0.25, -0.2) is 9.18 Å². The second-order valence-corrected chi connectivity index (χ2v) is 5.44. The molecule has 0 heterocycles. The second-order valence-electron chi connectivity index (χ2n) is 5.44. The zero-order valence-corrected chi connectivity index (χ0v) is 12.3. The molecular formula is C16H22FNO2. The molecule has 1 rings (SSSR count). The summed E-state index contributed by atoms with van der Waals surface area (Å²) in [5.74, 6) is -0.756. The topological polar surface area (TPSA) is 40.5 Å². The van der Waals surface area contributed by atoms with Crippen LogP contribution in [0, 0.1) is 11.7 Å². The van der Waals surface area contributed by atoms with Gasteiger partial charge >= 0.3 is 5.97 Å². The molecule has 0 unspecified atom stereocenters. The third-order valence-corrected chi connectivity index (χ3v) is 3.04. The van der Waals surface area contributed by atoms with Crippen LogP contribution in [0.1, 0.15) is 31.4 Å². The van der Waals surface area contributed by atoms with Crippen molar-refractivity contribution >= 4 is 12.0 Å². The van der Waals surface area contributed by atoms with Crippen LogP contribution in [0.3, 0.4) is 0 Å². The molecule has 0 amide bonds. The van der Waals surface area contributed by atoms with Crippen molar-refractivity contribution in [1.82, 2.24) is 4.90 Å². The lowest BCUT2D eigenvalue weighted by Gasteiger charge is -2.19. The van der Waals surface area contributed by atoms with E-state index in [1.165, 1.54) is 18.2 Å². The summed E-state index contributed by atoms with van der Waals surface area (Å²) >= 11 is 0. The van der Waals surface area contributed by atoms with Gasteiger partial charge in [0.05, 0.1) is 0 Å². The summed E-state index contributed by atoms with van der Waals surface area (Å²) in [6.07, 6.45) is 3.57. The highest BCUT2D eigenvalue weighted by atomic mass is 19.1. The van der Waals surface area contributed by atoms with E-state index in [-0.39, 0.29) is 5.82 Å². The minimum absolute atomic E-state index is 0.358. The number of carboxylic acid groups (broad SMARTS) is 1. The third-order valence-electron chi connectivity index (χ3n) is 3.04. The molecule has 110 valence electrons. The Bertz CT molecular complexity index is 483. The second kappa shape index (κ2) is 7.80. The normalized spacial score (nSPS) is 11.7. The zero-order chi connectivity index (χ0) is 15.1. The summed E-state index contributed by atoms with van der Waals surface area (Å²) in [4.78, 5) is 12.7. The number of aliphatic carboxylic acids is 1. The van der Waals surface area contributed by atoms with Gasteiger partial charge in [-0.05, 0) is 55.3 Å². The molecule has 20 heavy (non-hydrogen) atoms.